The Labute approximate surface area is 83.3 Å². The van der Waals surface area contributed by atoms with E-state index in [0.29, 0.717) is 0 Å². The fourth-order valence-corrected chi connectivity index (χ4v) is 1.74. The molecule has 76 valence electrons. The molecule has 0 bridgehead atoms. The van der Waals surface area contributed by atoms with E-state index in [2.05, 4.69) is 10.7 Å². The van der Waals surface area contributed by atoms with Crippen molar-refractivity contribution in [3.8, 4) is 0 Å². The standard InChI is InChI=1S/C10H15N3O/c1-10(5-4-6-11-10)9(14)12-13-7-2-3-8-13/h2-3,7-8,11H,4-6H2,1H3,(H,12,14). The van der Waals surface area contributed by atoms with E-state index >= 15 is 0 Å². The summed E-state index contributed by atoms with van der Waals surface area (Å²) in [5, 5.41) is 3.22. The maximum absolute atomic E-state index is 11.8. The van der Waals surface area contributed by atoms with Crippen molar-refractivity contribution in [2.24, 2.45) is 0 Å². The zero-order valence-electron chi connectivity index (χ0n) is 8.29. The lowest BCUT2D eigenvalue weighted by Crippen LogP contribution is -2.49. The molecule has 1 aromatic rings. The van der Waals surface area contributed by atoms with E-state index in [1.165, 1.54) is 0 Å². The lowest BCUT2D eigenvalue weighted by molar-refractivity contribution is -0.122. The second-order valence-corrected chi connectivity index (χ2v) is 3.89. The number of hydrogen-bond donors (Lipinski definition) is 2. The van der Waals surface area contributed by atoms with Crippen molar-refractivity contribution in [1.82, 2.24) is 9.99 Å². The van der Waals surface area contributed by atoms with Gasteiger partial charge >= 0.3 is 0 Å². The normalized spacial score (nSPS) is 26.4. The zero-order valence-corrected chi connectivity index (χ0v) is 8.29. The minimum atomic E-state index is -0.399. The first-order valence-corrected chi connectivity index (χ1v) is 4.90. The van der Waals surface area contributed by atoms with Gasteiger partial charge in [0.2, 0.25) is 0 Å². The molecule has 0 saturated carbocycles. The van der Waals surface area contributed by atoms with Crippen LogP contribution < -0.4 is 10.7 Å². The number of carbonyl (C=O) groups is 1. The van der Waals surface area contributed by atoms with Gasteiger partial charge in [0, 0.05) is 12.4 Å². The van der Waals surface area contributed by atoms with Crippen LogP contribution in [0.4, 0.5) is 0 Å². The van der Waals surface area contributed by atoms with Crippen LogP contribution in [-0.4, -0.2) is 22.7 Å². The van der Waals surface area contributed by atoms with Crippen molar-refractivity contribution in [1.29, 1.82) is 0 Å². The molecule has 4 nitrogen and oxygen atoms in total. The summed E-state index contributed by atoms with van der Waals surface area (Å²) >= 11 is 0. The van der Waals surface area contributed by atoms with Gasteiger partial charge in [-0.25, -0.2) is 0 Å². The molecular weight excluding hydrogens is 178 g/mol. The monoisotopic (exact) mass is 193 g/mol. The molecule has 4 heteroatoms. The fourth-order valence-electron chi connectivity index (χ4n) is 1.74. The Bertz CT molecular complexity index is 312. The molecule has 2 rings (SSSR count). The Morgan fingerprint density at radius 3 is 2.79 bits per heavy atom. The molecule has 1 aromatic heterocycles. The minimum absolute atomic E-state index is 0.0335. The topological polar surface area (TPSA) is 46.1 Å². The second kappa shape index (κ2) is 3.46. The Morgan fingerprint density at radius 2 is 2.21 bits per heavy atom. The summed E-state index contributed by atoms with van der Waals surface area (Å²) < 4.78 is 1.67. The van der Waals surface area contributed by atoms with Gasteiger partial charge < -0.3 is 5.32 Å². The molecule has 2 N–H and O–H groups in total. The Morgan fingerprint density at radius 1 is 1.50 bits per heavy atom. The van der Waals surface area contributed by atoms with Gasteiger partial charge in [-0.2, -0.15) is 0 Å². The summed E-state index contributed by atoms with van der Waals surface area (Å²) in [5.74, 6) is 0.0335. The van der Waals surface area contributed by atoms with Crippen molar-refractivity contribution in [2.75, 3.05) is 12.0 Å². The average molecular weight is 193 g/mol. The SMILES string of the molecule is CC1(C(=O)Nn2cccc2)CCCN1. The van der Waals surface area contributed by atoms with Crippen LogP contribution in [0.5, 0.6) is 0 Å². The molecule has 1 atom stereocenters. The van der Waals surface area contributed by atoms with Crippen molar-refractivity contribution >= 4 is 5.91 Å². The third kappa shape index (κ3) is 1.65. The van der Waals surface area contributed by atoms with Crippen LogP contribution >= 0.6 is 0 Å². The van der Waals surface area contributed by atoms with Crippen LogP contribution in [0.25, 0.3) is 0 Å². The number of carbonyl (C=O) groups excluding carboxylic acids is 1. The quantitative estimate of drug-likeness (QED) is 0.726. The van der Waals surface area contributed by atoms with Crippen molar-refractivity contribution < 1.29 is 4.79 Å². The average Bonchev–Trinajstić information content (AvgIpc) is 2.76. The molecule has 0 aliphatic carbocycles. The molecule has 0 radical (unpaired) electrons. The van der Waals surface area contributed by atoms with E-state index in [0.717, 1.165) is 19.4 Å². The van der Waals surface area contributed by atoms with Gasteiger partial charge in [-0.15, -0.1) is 0 Å². The van der Waals surface area contributed by atoms with Crippen molar-refractivity contribution in [3.05, 3.63) is 24.5 Å². The molecule has 1 amide bonds. The number of nitrogens with zero attached hydrogens (tertiary/aromatic N) is 1. The van der Waals surface area contributed by atoms with Crippen molar-refractivity contribution in [3.63, 3.8) is 0 Å². The predicted octanol–water partition coefficient (Wildman–Crippen LogP) is 0.700. The smallest absolute Gasteiger partial charge is 0.258 e. The second-order valence-electron chi connectivity index (χ2n) is 3.89. The van der Waals surface area contributed by atoms with Crippen molar-refractivity contribution in [2.45, 2.75) is 25.3 Å². The number of nitrogens with one attached hydrogen (secondary N) is 2. The summed E-state index contributed by atoms with van der Waals surface area (Å²) in [7, 11) is 0. The zero-order chi connectivity index (χ0) is 10.0. The molecule has 1 aliphatic rings. The summed E-state index contributed by atoms with van der Waals surface area (Å²) in [6, 6.07) is 3.76. The number of rotatable bonds is 2. The van der Waals surface area contributed by atoms with Crippen LogP contribution in [0.1, 0.15) is 19.8 Å². The highest BCUT2D eigenvalue weighted by Gasteiger charge is 2.35. The van der Waals surface area contributed by atoms with Crippen LogP contribution in [-0.2, 0) is 4.79 Å². The number of hydrogen-bond acceptors (Lipinski definition) is 2. The summed E-state index contributed by atoms with van der Waals surface area (Å²) in [4.78, 5) is 11.8. The van der Waals surface area contributed by atoms with Gasteiger partial charge in [-0.1, -0.05) is 0 Å². The predicted molar refractivity (Wildman–Crippen MR) is 54.4 cm³/mol. The highest BCUT2D eigenvalue weighted by molar-refractivity contribution is 5.92. The maximum Gasteiger partial charge on any atom is 0.258 e. The molecule has 1 fully saturated rings. The molecule has 1 aliphatic heterocycles. The molecule has 1 unspecified atom stereocenters. The first-order valence-electron chi connectivity index (χ1n) is 4.90. The van der Waals surface area contributed by atoms with E-state index in [1.54, 1.807) is 4.68 Å². The lowest BCUT2D eigenvalue weighted by atomic mass is 10.00. The molecule has 1 saturated heterocycles. The summed E-state index contributed by atoms with van der Waals surface area (Å²) in [6.07, 6.45) is 5.60. The van der Waals surface area contributed by atoms with E-state index in [4.69, 9.17) is 0 Å². The minimum Gasteiger partial charge on any atom is -0.304 e. The van der Waals surface area contributed by atoms with Gasteiger partial charge in [0.25, 0.3) is 5.91 Å². The highest BCUT2D eigenvalue weighted by atomic mass is 16.2. The molecular formula is C10H15N3O. The van der Waals surface area contributed by atoms with Gasteiger partial charge in [-0.05, 0) is 38.4 Å². The first-order chi connectivity index (χ1) is 6.71. The molecule has 0 spiro atoms. The molecule has 14 heavy (non-hydrogen) atoms. The number of amides is 1. The molecule has 0 aromatic carbocycles. The largest absolute Gasteiger partial charge is 0.304 e. The lowest BCUT2D eigenvalue weighted by Gasteiger charge is -2.23. The van der Waals surface area contributed by atoms with E-state index in [9.17, 15) is 4.79 Å². The van der Waals surface area contributed by atoms with E-state index in [-0.39, 0.29) is 5.91 Å². The van der Waals surface area contributed by atoms with Crippen LogP contribution in [0.3, 0.4) is 0 Å². The van der Waals surface area contributed by atoms with Crippen LogP contribution in [0, 0.1) is 0 Å². The van der Waals surface area contributed by atoms with Gasteiger partial charge in [0.05, 0.1) is 5.54 Å². The number of aromatic nitrogens is 1. The molecule has 2 heterocycles. The Balaban J connectivity index is 2.02. The van der Waals surface area contributed by atoms with Gasteiger partial charge in [0.15, 0.2) is 0 Å². The van der Waals surface area contributed by atoms with E-state index in [1.807, 2.05) is 31.5 Å². The summed E-state index contributed by atoms with van der Waals surface area (Å²) in [6.45, 7) is 2.87. The third-order valence-electron chi connectivity index (χ3n) is 2.70. The highest BCUT2D eigenvalue weighted by Crippen LogP contribution is 2.18. The van der Waals surface area contributed by atoms with Crippen LogP contribution in [0.15, 0.2) is 24.5 Å². The van der Waals surface area contributed by atoms with E-state index < -0.39 is 5.54 Å². The van der Waals surface area contributed by atoms with Gasteiger partial charge in [0.1, 0.15) is 0 Å². The first kappa shape index (κ1) is 9.27. The third-order valence-corrected chi connectivity index (χ3v) is 2.70. The maximum atomic E-state index is 11.8. The summed E-state index contributed by atoms with van der Waals surface area (Å²) in [5.41, 5.74) is 2.42. The Hall–Kier alpha value is -1.29. The van der Waals surface area contributed by atoms with Crippen LogP contribution in [0.2, 0.25) is 0 Å². The Kier molecular flexibility index (Phi) is 2.29. The van der Waals surface area contributed by atoms with Gasteiger partial charge in [-0.3, -0.25) is 14.9 Å². The fraction of sp³-hybridized carbons (Fsp3) is 0.500.